The van der Waals surface area contributed by atoms with Crippen molar-refractivity contribution in [3.05, 3.63) is 52.2 Å². The van der Waals surface area contributed by atoms with Gasteiger partial charge in [0.1, 0.15) is 0 Å². The van der Waals surface area contributed by atoms with Crippen molar-refractivity contribution < 1.29 is 9.59 Å². The maximum absolute atomic E-state index is 13.1. The molecule has 29 heavy (non-hydrogen) atoms. The number of carbonyl (C=O) groups is 2. The molecule has 0 bridgehead atoms. The van der Waals surface area contributed by atoms with E-state index in [1.807, 2.05) is 48.8 Å². The Bertz CT molecular complexity index is 1340. The molecule has 7 nitrogen and oxygen atoms in total. The van der Waals surface area contributed by atoms with Crippen molar-refractivity contribution in [2.75, 3.05) is 24.3 Å². The zero-order valence-electron chi connectivity index (χ0n) is 16.6. The number of hydrogen-bond donors (Lipinski definition) is 1. The number of nitrogens with one attached hydrogen (secondary N) is 1. The molecule has 0 saturated carbocycles. The van der Waals surface area contributed by atoms with Crippen molar-refractivity contribution in [2.24, 2.45) is 7.05 Å². The Hall–Kier alpha value is -3.74. The average Bonchev–Trinajstić information content (AvgIpc) is 2.68. The van der Waals surface area contributed by atoms with Gasteiger partial charge in [0.05, 0.1) is 33.7 Å². The first-order valence-corrected chi connectivity index (χ1v) is 9.12. The van der Waals surface area contributed by atoms with Crippen molar-refractivity contribution in [1.29, 1.82) is 0 Å². The van der Waals surface area contributed by atoms with Crippen LogP contribution in [0, 0.1) is 0 Å². The normalized spacial score (nSPS) is 11.2. The fraction of sp³-hybridized carbons (Fsp3) is 0.182. The maximum atomic E-state index is 13.1. The van der Waals surface area contributed by atoms with Gasteiger partial charge in [-0.1, -0.05) is 12.1 Å². The number of nitrogens with zero attached hydrogens (tertiary/aromatic N) is 3. The molecule has 4 rings (SSSR count). The summed E-state index contributed by atoms with van der Waals surface area (Å²) in [5.41, 5.74) is 3.60. The van der Waals surface area contributed by atoms with Crippen LogP contribution in [0.25, 0.3) is 33.2 Å². The molecule has 2 aromatic rings. The standard InChI is InChI=1S/C22H20N4O3/c1-12(28)23-17-7-5-6-14-19(17)20-21(15(11-27)22(14)29)26(4)18-10-13(25(2)3)8-9-16(18)24-20/h5-11H,1-4H3,(H,23,28). The van der Waals surface area contributed by atoms with E-state index in [1.54, 1.807) is 18.2 Å². The van der Waals surface area contributed by atoms with Crippen LogP contribution in [0.5, 0.6) is 0 Å². The molecule has 0 unspecified atom stereocenters. The van der Waals surface area contributed by atoms with Crippen LogP contribution in [-0.4, -0.2) is 35.8 Å². The van der Waals surface area contributed by atoms with Crippen molar-refractivity contribution in [3.8, 4) is 11.4 Å². The third kappa shape index (κ3) is 2.82. The van der Waals surface area contributed by atoms with Crippen LogP contribution >= 0.6 is 0 Å². The van der Waals surface area contributed by atoms with Gasteiger partial charge in [-0.3, -0.25) is 14.4 Å². The first kappa shape index (κ1) is 18.6. The van der Waals surface area contributed by atoms with Crippen molar-refractivity contribution in [1.82, 2.24) is 9.55 Å². The van der Waals surface area contributed by atoms with Crippen LogP contribution in [0.1, 0.15) is 17.3 Å². The van der Waals surface area contributed by atoms with Gasteiger partial charge in [0.15, 0.2) is 11.7 Å². The lowest BCUT2D eigenvalue weighted by atomic mass is 9.97. The molecular weight excluding hydrogens is 368 g/mol. The molecule has 146 valence electrons. The smallest absolute Gasteiger partial charge is 0.221 e. The number of aldehydes is 1. The lowest BCUT2D eigenvalue weighted by molar-refractivity contribution is -0.114. The Morgan fingerprint density at radius 1 is 1.21 bits per heavy atom. The molecule has 7 heteroatoms. The predicted octanol–water partition coefficient (Wildman–Crippen LogP) is 3.03. The SMILES string of the molecule is CC(=O)Nc1cccc2c(=O)c(C=O)c3n(C)c4cc(N(C)C)ccc4nc-3c12. The molecule has 0 fully saturated rings. The molecule has 1 heterocycles. The van der Waals surface area contributed by atoms with E-state index in [4.69, 9.17) is 4.98 Å². The van der Waals surface area contributed by atoms with E-state index in [2.05, 4.69) is 5.32 Å². The van der Waals surface area contributed by atoms with E-state index in [0.717, 1.165) is 16.7 Å². The van der Waals surface area contributed by atoms with Gasteiger partial charge in [-0.05, 0) is 24.3 Å². The first-order chi connectivity index (χ1) is 13.8. The van der Waals surface area contributed by atoms with Gasteiger partial charge < -0.3 is 14.8 Å². The quantitative estimate of drug-likeness (QED) is 0.331. The molecule has 0 saturated heterocycles. The molecule has 1 aliphatic heterocycles. The Labute approximate surface area is 166 Å². The van der Waals surface area contributed by atoms with Crippen LogP contribution in [0.2, 0.25) is 0 Å². The summed E-state index contributed by atoms with van der Waals surface area (Å²) in [7, 11) is 5.69. The summed E-state index contributed by atoms with van der Waals surface area (Å²) >= 11 is 0. The number of rotatable bonds is 3. The van der Waals surface area contributed by atoms with E-state index in [0.29, 0.717) is 34.1 Å². The molecule has 0 spiro atoms. The summed E-state index contributed by atoms with van der Waals surface area (Å²) in [4.78, 5) is 43.4. The monoisotopic (exact) mass is 388 g/mol. The van der Waals surface area contributed by atoms with E-state index in [9.17, 15) is 14.4 Å². The van der Waals surface area contributed by atoms with E-state index < -0.39 is 0 Å². The highest BCUT2D eigenvalue weighted by Crippen LogP contribution is 2.36. The van der Waals surface area contributed by atoms with Crippen molar-refractivity contribution in [3.63, 3.8) is 0 Å². The summed E-state index contributed by atoms with van der Waals surface area (Å²) in [6.45, 7) is 1.41. The number of aryl methyl sites for hydroxylation is 1. The third-order valence-corrected chi connectivity index (χ3v) is 5.10. The summed E-state index contributed by atoms with van der Waals surface area (Å²) in [6.07, 6.45) is 0.582. The fourth-order valence-electron chi connectivity index (χ4n) is 3.74. The van der Waals surface area contributed by atoms with Crippen LogP contribution < -0.4 is 15.6 Å². The Morgan fingerprint density at radius 3 is 2.62 bits per heavy atom. The molecule has 0 atom stereocenters. The zero-order valence-corrected chi connectivity index (χ0v) is 16.6. The molecule has 1 aliphatic carbocycles. The van der Waals surface area contributed by atoms with Crippen LogP contribution in [0.3, 0.4) is 0 Å². The molecule has 2 aliphatic rings. The van der Waals surface area contributed by atoms with Crippen LogP contribution in [-0.2, 0) is 11.8 Å². The molecule has 2 aromatic carbocycles. The fourth-order valence-corrected chi connectivity index (χ4v) is 3.74. The number of fused-ring (bicyclic) bond motifs is 4. The number of anilines is 2. The topological polar surface area (TPSA) is 84.3 Å². The lowest BCUT2D eigenvalue weighted by Gasteiger charge is -2.21. The number of amides is 1. The highest BCUT2D eigenvalue weighted by Gasteiger charge is 2.24. The minimum Gasteiger partial charge on any atom is -0.378 e. The second kappa shape index (κ2) is 6.70. The summed E-state index contributed by atoms with van der Waals surface area (Å²) in [5.74, 6) is -0.252. The number of hydrogen-bond acceptors (Lipinski definition) is 5. The summed E-state index contributed by atoms with van der Waals surface area (Å²) in [6, 6.07) is 10.9. The first-order valence-electron chi connectivity index (χ1n) is 9.12. The number of carbonyl (C=O) groups excluding carboxylic acids is 2. The van der Waals surface area contributed by atoms with E-state index in [-0.39, 0.29) is 16.9 Å². The summed E-state index contributed by atoms with van der Waals surface area (Å²) in [5, 5.41) is 3.65. The molecule has 0 aromatic heterocycles. The molecule has 0 radical (unpaired) electrons. The van der Waals surface area contributed by atoms with Crippen molar-refractivity contribution >= 4 is 45.4 Å². The third-order valence-electron chi connectivity index (χ3n) is 5.10. The van der Waals surface area contributed by atoms with Gasteiger partial charge in [-0.15, -0.1) is 0 Å². The highest BCUT2D eigenvalue weighted by atomic mass is 16.1. The molecule has 1 N–H and O–H groups in total. The minimum atomic E-state index is -0.379. The lowest BCUT2D eigenvalue weighted by Crippen LogP contribution is -2.19. The Kier molecular flexibility index (Phi) is 4.30. The molecule has 1 amide bonds. The zero-order chi connectivity index (χ0) is 20.9. The van der Waals surface area contributed by atoms with Crippen LogP contribution in [0.15, 0.2) is 41.2 Å². The largest absolute Gasteiger partial charge is 0.378 e. The van der Waals surface area contributed by atoms with Gasteiger partial charge >= 0.3 is 0 Å². The average molecular weight is 388 g/mol. The van der Waals surface area contributed by atoms with Gasteiger partial charge in [-0.25, -0.2) is 4.98 Å². The van der Waals surface area contributed by atoms with Gasteiger partial charge in [0, 0.05) is 44.5 Å². The predicted molar refractivity (Wildman–Crippen MR) is 115 cm³/mol. The van der Waals surface area contributed by atoms with Gasteiger partial charge in [-0.2, -0.15) is 0 Å². The van der Waals surface area contributed by atoms with Gasteiger partial charge in [0.25, 0.3) is 0 Å². The van der Waals surface area contributed by atoms with E-state index >= 15 is 0 Å². The molecular formula is C22H20N4O3. The second-order valence-corrected chi connectivity index (χ2v) is 7.21. The Morgan fingerprint density at radius 2 is 1.97 bits per heavy atom. The highest BCUT2D eigenvalue weighted by molar-refractivity contribution is 6.12. The van der Waals surface area contributed by atoms with Crippen LogP contribution in [0.4, 0.5) is 11.4 Å². The maximum Gasteiger partial charge on any atom is 0.221 e. The number of benzene rings is 3. The Balaban J connectivity index is 2.26. The van der Waals surface area contributed by atoms with E-state index in [1.165, 1.54) is 6.92 Å². The van der Waals surface area contributed by atoms with Gasteiger partial charge in [0.2, 0.25) is 5.91 Å². The minimum absolute atomic E-state index is 0.0552. The summed E-state index contributed by atoms with van der Waals surface area (Å²) < 4.78 is 1.82. The second-order valence-electron chi connectivity index (χ2n) is 7.21. The van der Waals surface area contributed by atoms with Crippen molar-refractivity contribution in [2.45, 2.75) is 6.92 Å². The number of aromatic nitrogens is 2.